The number of morpholine rings is 1. The Balaban J connectivity index is 1.36. The summed E-state index contributed by atoms with van der Waals surface area (Å²) in [6, 6.07) is 8.54. The second-order valence-electron chi connectivity index (χ2n) is 8.63. The molecule has 0 aliphatic carbocycles. The third-order valence-electron chi connectivity index (χ3n) is 5.84. The number of nitrogens with zero attached hydrogens (tertiary/aromatic N) is 1. The van der Waals surface area contributed by atoms with Gasteiger partial charge in [-0.2, -0.15) is 0 Å². The fourth-order valence-corrected chi connectivity index (χ4v) is 3.84. The van der Waals surface area contributed by atoms with Crippen molar-refractivity contribution < 1.29 is 14.3 Å². The van der Waals surface area contributed by atoms with Gasteiger partial charge in [-0.15, -0.1) is 0 Å². The van der Waals surface area contributed by atoms with Crippen LogP contribution >= 0.6 is 0 Å². The second kappa shape index (κ2) is 9.83. The van der Waals surface area contributed by atoms with E-state index in [1.54, 1.807) is 0 Å². The highest BCUT2D eigenvalue weighted by atomic mass is 16.5. The average molecular weight is 390 g/mol. The molecule has 2 aliphatic heterocycles. The molecule has 2 saturated heterocycles. The zero-order chi connectivity index (χ0) is 20.0. The number of ether oxygens (including phenoxy) is 2. The molecule has 0 saturated carbocycles. The van der Waals surface area contributed by atoms with E-state index in [2.05, 4.69) is 60.6 Å². The summed E-state index contributed by atoms with van der Waals surface area (Å²) in [6.07, 6.45) is 0.888. The Morgan fingerprint density at radius 2 is 1.93 bits per heavy atom. The molecule has 2 aliphatic rings. The molecule has 1 amide bonds. The molecule has 2 N–H and O–H groups in total. The normalized spacial score (nSPS) is 23.7. The maximum Gasteiger partial charge on any atom is 0.225 e. The minimum atomic E-state index is -0.0616. The Morgan fingerprint density at radius 3 is 2.64 bits per heavy atom. The number of aryl methyl sites for hydroxylation is 1. The minimum absolute atomic E-state index is 0.0494. The first kappa shape index (κ1) is 21.2. The number of carbonyl (C=O) groups excluding carboxylic acids is 1. The molecule has 0 spiro atoms. The zero-order valence-electron chi connectivity index (χ0n) is 17.5. The molecule has 6 nitrogen and oxygen atoms in total. The lowest BCUT2D eigenvalue weighted by Gasteiger charge is -2.41. The van der Waals surface area contributed by atoms with Crippen LogP contribution in [0.4, 0.5) is 0 Å². The second-order valence-corrected chi connectivity index (χ2v) is 8.63. The number of carbonyl (C=O) groups is 1. The van der Waals surface area contributed by atoms with Crippen molar-refractivity contribution in [2.75, 3.05) is 46.0 Å². The summed E-state index contributed by atoms with van der Waals surface area (Å²) in [6.45, 7) is 12.6. The molecular formula is C22H35N3O3. The van der Waals surface area contributed by atoms with E-state index in [0.717, 1.165) is 45.8 Å². The molecule has 6 heteroatoms. The van der Waals surface area contributed by atoms with E-state index in [0.29, 0.717) is 13.2 Å². The first-order valence-electron chi connectivity index (χ1n) is 10.4. The van der Waals surface area contributed by atoms with Gasteiger partial charge in [0.1, 0.15) is 0 Å². The molecule has 2 heterocycles. The lowest BCUT2D eigenvalue weighted by molar-refractivity contribution is -0.125. The summed E-state index contributed by atoms with van der Waals surface area (Å²) < 4.78 is 11.3. The van der Waals surface area contributed by atoms with Crippen molar-refractivity contribution in [2.45, 2.75) is 45.4 Å². The van der Waals surface area contributed by atoms with Crippen LogP contribution in [0, 0.1) is 12.8 Å². The van der Waals surface area contributed by atoms with Crippen molar-refractivity contribution in [1.82, 2.24) is 15.5 Å². The van der Waals surface area contributed by atoms with Crippen LogP contribution in [0.1, 0.15) is 31.4 Å². The Hall–Kier alpha value is -1.47. The van der Waals surface area contributed by atoms with Crippen molar-refractivity contribution in [3.8, 4) is 0 Å². The molecule has 1 aromatic carbocycles. The van der Waals surface area contributed by atoms with Crippen molar-refractivity contribution >= 4 is 5.91 Å². The highest BCUT2D eigenvalue weighted by Crippen LogP contribution is 2.20. The molecule has 0 aromatic heterocycles. The van der Waals surface area contributed by atoms with Crippen LogP contribution in [0.3, 0.4) is 0 Å². The van der Waals surface area contributed by atoms with Gasteiger partial charge >= 0.3 is 0 Å². The van der Waals surface area contributed by atoms with Gasteiger partial charge in [-0.05, 0) is 32.8 Å². The average Bonchev–Trinajstić information content (AvgIpc) is 3.17. The van der Waals surface area contributed by atoms with Crippen molar-refractivity contribution in [3.05, 3.63) is 35.4 Å². The highest BCUT2D eigenvalue weighted by molar-refractivity contribution is 5.79. The van der Waals surface area contributed by atoms with Gasteiger partial charge in [0.25, 0.3) is 0 Å². The summed E-state index contributed by atoms with van der Waals surface area (Å²) >= 11 is 0. The molecule has 156 valence electrons. The summed E-state index contributed by atoms with van der Waals surface area (Å²) in [5.74, 6) is 0.0639. The highest BCUT2D eigenvalue weighted by Gasteiger charge is 2.33. The predicted molar refractivity (Wildman–Crippen MR) is 110 cm³/mol. The number of rotatable bonds is 8. The maximum atomic E-state index is 12.6. The Labute approximate surface area is 169 Å². The molecule has 3 rings (SSSR count). The third-order valence-corrected chi connectivity index (χ3v) is 5.84. The molecule has 0 bridgehead atoms. The van der Waals surface area contributed by atoms with Gasteiger partial charge in [0, 0.05) is 38.3 Å². The molecular weight excluding hydrogens is 354 g/mol. The first-order chi connectivity index (χ1) is 13.4. The minimum Gasteiger partial charge on any atom is -0.379 e. The van der Waals surface area contributed by atoms with E-state index < -0.39 is 0 Å². The fourth-order valence-electron chi connectivity index (χ4n) is 3.84. The Bertz CT molecular complexity index is 626. The van der Waals surface area contributed by atoms with Crippen LogP contribution in [-0.2, 0) is 20.8 Å². The number of amides is 1. The number of benzene rings is 1. The van der Waals surface area contributed by atoms with Crippen LogP contribution in [0.5, 0.6) is 0 Å². The van der Waals surface area contributed by atoms with Gasteiger partial charge in [-0.25, -0.2) is 0 Å². The summed E-state index contributed by atoms with van der Waals surface area (Å²) in [5, 5.41) is 6.59. The van der Waals surface area contributed by atoms with Gasteiger partial charge in [-0.3, -0.25) is 9.69 Å². The quantitative estimate of drug-likeness (QED) is 0.709. The largest absolute Gasteiger partial charge is 0.379 e. The van der Waals surface area contributed by atoms with Crippen molar-refractivity contribution in [2.24, 2.45) is 5.92 Å². The molecule has 2 fully saturated rings. The SMILES string of the molecule is Cc1ccc(CNC[C@@H]2C[C@H](C(=O)NCC(C)(C)N3CCOCC3)CO2)cc1. The number of hydrogen-bond donors (Lipinski definition) is 2. The lowest BCUT2D eigenvalue weighted by Crippen LogP contribution is -2.55. The Morgan fingerprint density at radius 1 is 1.21 bits per heavy atom. The fraction of sp³-hybridized carbons (Fsp3) is 0.682. The topological polar surface area (TPSA) is 62.8 Å². The van der Waals surface area contributed by atoms with E-state index in [-0.39, 0.29) is 23.5 Å². The van der Waals surface area contributed by atoms with Crippen LogP contribution in [-0.4, -0.2) is 68.4 Å². The molecule has 1 aromatic rings. The molecule has 0 unspecified atom stereocenters. The van der Waals surface area contributed by atoms with E-state index in [1.807, 2.05) is 0 Å². The van der Waals surface area contributed by atoms with Gasteiger partial charge in [0.2, 0.25) is 5.91 Å². The smallest absolute Gasteiger partial charge is 0.225 e. The monoisotopic (exact) mass is 389 g/mol. The van der Waals surface area contributed by atoms with Crippen LogP contribution in [0.15, 0.2) is 24.3 Å². The van der Waals surface area contributed by atoms with E-state index in [4.69, 9.17) is 9.47 Å². The molecule has 0 radical (unpaired) electrons. The maximum absolute atomic E-state index is 12.6. The predicted octanol–water partition coefficient (Wildman–Crippen LogP) is 1.72. The van der Waals surface area contributed by atoms with Gasteiger partial charge < -0.3 is 20.1 Å². The number of nitrogens with one attached hydrogen (secondary N) is 2. The Kier molecular flexibility index (Phi) is 7.46. The van der Waals surface area contributed by atoms with Crippen LogP contribution in [0.2, 0.25) is 0 Å². The van der Waals surface area contributed by atoms with Crippen LogP contribution < -0.4 is 10.6 Å². The van der Waals surface area contributed by atoms with E-state index >= 15 is 0 Å². The summed E-state index contributed by atoms with van der Waals surface area (Å²) in [5.41, 5.74) is 2.48. The lowest BCUT2D eigenvalue weighted by atomic mass is 10.0. The van der Waals surface area contributed by atoms with Gasteiger partial charge in [0.15, 0.2) is 0 Å². The third kappa shape index (κ3) is 6.01. The zero-order valence-corrected chi connectivity index (χ0v) is 17.5. The van der Waals surface area contributed by atoms with Crippen molar-refractivity contribution in [3.63, 3.8) is 0 Å². The molecule has 28 heavy (non-hydrogen) atoms. The first-order valence-corrected chi connectivity index (χ1v) is 10.4. The van der Waals surface area contributed by atoms with Gasteiger partial charge in [0.05, 0.1) is 31.8 Å². The van der Waals surface area contributed by atoms with Gasteiger partial charge in [-0.1, -0.05) is 29.8 Å². The number of hydrogen-bond acceptors (Lipinski definition) is 5. The van der Waals surface area contributed by atoms with E-state index in [1.165, 1.54) is 11.1 Å². The summed E-state index contributed by atoms with van der Waals surface area (Å²) in [7, 11) is 0. The summed E-state index contributed by atoms with van der Waals surface area (Å²) in [4.78, 5) is 15.0. The van der Waals surface area contributed by atoms with Crippen molar-refractivity contribution in [1.29, 1.82) is 0 Å². The standard InChI is InChI=1S/C22H35N3O3/c1-17-4-6-18(7-5-17)13-23-14-20-12-19(15-28-20)21(26)24-16-22(2,3)25-8-10-27-11-9-25/h4-7,19-20,23H,8-16H2,1-3H3,(H,24,26)/t19-,20-/m0/s1. The van der Waals surface area contributed by atoms with Crippen LogP contribution in [0.25, 0.3) is 0 Å². The molecule has 2 atom stereocenters. The van der Waals surface area contributed by atoms with E-state index in [9.17, 15) is 4.79 Å².